The summed E-state index contributed by atoms with van der Waals surface area (Å²) < 4.78 is 0. The monoisotopic (exact) mass is 365 g/mol. The summed E-state index contributed by atoms with van der Waals surface area (Å²) in [5.74, 6) is -0.301. The second-order valence-electron chi connectivity index (χ2n) is 6.99. The van der Waals surface area contributed by atoms with E-state index < -0.39 is 11.6 Å². The van der Waals surface area contributed by atoms with Gasteiger partial charge in [-0.05, 0) is 43.4 Å². The number of nitrogens with one attached hydrogen (secondary N) is 2. The Kier molecular flexibility index (Phi) is 6.06. The molecule has 25 heavy (non-hydrogen) atoms. The first-order valence-corrected chi connectivity index (χ1v) is 8.74. The van der Waals surface area contributed by atoms with Crippen LogP contribution in [0, 0.1) is 5.92 Å². The van der Waals surface area contributed by atoms with E-state index in [1.54, 1.807) is 31.2 Å². The van der Waals surface area contributed by atoms with E-state index in [2.05, 4.69) is 24.5 Å². The molecule has 1 aromatic rings. The Morgan fingerprint density at radius 2 is 1.92 bits per heavy atom. The van der Waals surface area contributed by atoms with Crippen LogP contribution < -0.4 is 10.6 Å². The van der Waals surface area contributed by atoms with Crippen molar-refractivity contribution in [3.8, 4) is 0 Å². The van der Waals surface area contributed by atoms with Crippen LogP contribution in [0.4, 0.5) is 4.79 Å². The minimum atomic E-state index is -0.933. The van der Waals surface area contributed by atoms with Gasteiger partial charge in [0.25, 0.3) is 5.91 Å². The van der Waals surface area contributed by atoms with Crippen LogP contribution in [-0.4, -0.2) is 34.8 Å². The molecule has 7 heteroatoms. The van der Waals surface area contributed by atoms with Crippen LogP contribution in [0.25, 0.3) is 0 Å². The maximum atomic E-state index is 12.5. The summed E-state index contributed by atoms with van der Waals surface area (Å²) in [6.07, 6.45) is 1.37. The van der Waals surface area contributed by atoms with Crippen molar-refractivity contribution in [2.24, 2.45) is 5.92 Å². The number of hydrogen-bond acceptors (Lipinski definition) is 3. The molecule has 0 saturated carbocycles. The van der Waals surface area contributed by atoms with Crippen molar-refractivity contribution in [3.05, 3.63) is 34.9 Å². The van der Waals surface area contributed by atoms with Crippen molar-refractivity contribution < 1.29 is 14.4 Å². The molecule has 4 amide bonds. The lowest BCUT2D eigenvalue weighted by atomic mass is 9.92. The molecule has 0 aromatic heterocycles. The van der Waals surface area contributed by atoms with Gasteiger partial charge in [-0.25, -0.2) is 4.79 Å². The van der Waals surface area contributed by atoms with E-state index in [1.807, 2.05) is 0 Å². The second kappa shape index (κ2) is 7.87. The van der Waals surface area contributed by atoms with Crippen molar-refractivity contribution in [3.63, 3.8) is 0 Å². The predicted octanol–water partition coefficient (Wildman–Crippen LogP) is 2.70. The number of urea groups is 1. The number of amides is 4. The number of carbonyl (C=O) groups is 3. The van der Waals surface area contributed by atoms with Gasteiger partial charge in [-0.1, -0.05) is 37.6 Å². The molecule has 2 rings (SSSR count). The largest absolute Gasteiger partial charge is 0.350 e. The van der Waals surface area contributed by atoms with Crippen molar-refractivity contribution >= 4 is 29.4 Å². The van der Waals surface area contributed by atoms with Crippen molar-refractivity contribution in [1.82, 2.24) is 15.5 Å². The lowest BCUT2D eigenvalue weighted by molar-refractivity contribution is -0.134. The smallest absolute Gasteiger partial charge is 0.325 e. The molecule has 0 aliphatic carbocycles. The topological polar surface area (TPSA) is 78.5 Å². The van der Waals surface area contributed by atoms with Crippen LogP contribution in [0.15, 0.2) is 24.3 Å². The standard InChI is InChI=1S/C18H24ClN3O3/c1-12(2)8-9-18(3)16(24)22(17(25)21-18)11-15(23)20-10-13-4-6-14(19)7-5-13/h4-7,12H,8-11H2,1-3H3,(H,20,23)(H,21,25)/t18-/m0/s1. The van der Waals surface area contributed by atoms with Gasteiger partial charge in [0.05, 0.1) is 0 Å². The van der Waals surface area contributed by atoms with Gasteiger partial charge in [0.15, 0.2) is 0 Å². The van der Waals surface area contributed by atoms with Crippen molar-refractivity contribution in [2.75, 3.05) is 6.54 Å². The SMILES string of the molecule is CC(C)CC[C@]1(C)NC(=O)N(CC(=O)NCc2ccc(Cl)cc2)C1=O. The molecule has 1 fully saturated rings. The Bertz CT molecular complexity index is 660. The number of halogens is 1. The van der Waals surface area contributed by atoms with E-state index in [0.29, 0.717) is 23.9 Å². The van der Waals surface area contributed by atoms with Crippen LogP contribution >= 0.6 is 11.6 Å². The third kappa shape index (κ3) is 4.95. The molecule has 2 N–H and O–H groups in total. The average Bonchev–Trinajstić information content (AvgIpc) is 2.76. The van der Waals surface area contributed by atoms with E-state index in [0.717, 1.165) is 16.9 Å². The molecule has 1 aliphatic heterocycles. The summed E-state index contributed by atoms with van der Waals surface area (Å²) in [6, 6.07) is 6.57. The van der Waals surface area contributed by atoms with Gasteiger partial charge < -0.3 is 10.6 Å². The molecule has 6 nitrogen and oxygen atoms in total. The molecule has 1 atom stereocenters. The highest BCUT2D eigenvalue weighted by molar-refractivity contribution is 6.30. The lowest BCUT2D eigenvalue weighted by Gasteiger charge is -2.22. The molecule has 0 bridgehead atoms. The normalized spacial score (nSPS) is 20.1. The summed E-state index contributed by atoms with van der Waals surface area (Å²) in [5, 5.41) is 6.04. The van der Waals surface area contributed by atoms with Gasteiger partial charge in [-0.15, -0.1) is 0 Å². The van der Waals surface area contributed by atoms with Gasteiger partial charge in [0.2, 0.25) is 5.91 Å². The van der Waals surface area contributed by atoms with E-state index in [-0.39, 0.29) is 18.4 Å². The minimum Gasteiger partial charge on any atom is -0.350 e. The summed E-state index contributed by atoms with van der Waals surface area (Å²) in [5.41, 5.74) is -0.0469. The minimum absolute atomic E-state index is 0.282. The maximum absolute atomic E-state index is 12.5. The van der Waals surface area contributed by atoms with Crippen LogP contribution in [-0.2, 0) is 16.1 Å². The zero-order valence-electron chi connectivity index (χ0n) is 14.8. The van der Waals surface area contributed by atoms with Crippen LogP contribution in [0.1, 0.15) is 39.2 Å². The van der Waals surface area contributed by atoms with E-state index in [1.165, 1.54) is 0 Å². The number of rotatable bonds is 7. The predicted molar refractivity (Wildman–Crippen MR) is 96.0 cm³/mol. The number of carbonyl (C=O) groups excluding carboxylic acids is 3. The Morgan fingerprint density at radius 3 is 2.52 bits per heavy atom. The molecular weight excluding hydrogens is 342 g/mol. The van der Waals surface area contributed by atoms with Crippen molar-refractivity contribution in [2.45, 2.75) is 45.7 Å². The van der Waals surface area contributed by atoms with E-state index in [9.17, 15) is 14.4 Å². The van der Waals surface area contributed by atoms with Crippen LogP contribution in [0.2, 0.25) is 5.02 Å². The number of imide groups is 1. The first-order chi connectivity index (χ1) is 11.7. The van der Waals surface area contributed by atoms with Crippen LogP contribution in [0.5, 0.6) is 0 Å². The summed E-state index contributed by atoms with van der Waals surface area (Å²) in [6.45, 7) is 5.86. The molecule has 1 saturated heterocycles. The quantitative estimate of drug-likeness (QED) is 0.729. The van der Waals surface area contributed by atoms with Gasteiger partial charge in [-0.3, -0.25) is 14.5 Å². The number of nitrogens with zero attached hydrogens (tertiary/aromatic N) is 1. The second-order valence-corrected chi connectivity index (χ2v) is 7.43. The fourth-order valence-corrected chi connectivity index (χ4v) is 2.77. The molecular formula is C18H24ClN3O3. The zero-order valence-corrected chi connectivity index (χ0v) is 15.5. The van der Waals surface area contributed by atoms with Gasteiger partial charge in [0.1, 0.15) is 12.1 Å². The number of hydrogen-bond donors (Lipinski definition) is 2. The maximum Gasteiger partial charge on any atom is 0.325 e. The van der Waals surface area contributed by atoms with Gasteiger partial charge in [0, 0.05) is 11.6 Å². The Hall–Kier alpha value is -2.08. The summed E-state index contributed by atoms with van der Waals surface area (Å²) in [4.78, 5) is 37.7. The first kappa shape index (κ1) is 19.2. The molecule has 0 radical (unpaired) electrons. The highest BCUT2D eigenvalue weighted by Crippen LogP contribution is 2.24. The fourth-order valence-electron chi connectivity index (χ4n) is 2.64. The highest BCUT2D eigenvalue weighted by atomic mass is 35.5. The fraction of sp³-hybridized carbons (Fsp3) is 0.500. The third-order valence-corrected chi connectivity index (χ3v) is 4.52. The van der Waals surface area contributed by atoms with Gasteiger partial charge >= 0.3 is 6.03 Å². The summed E-state index contributed by atoms with van der Waals surface area (Å²) >= 11 is 5.82. The summed E-state index contributed by atoms with van der Waals surface area (Å²) in [7, 11) is 0. The van der Waals surface area contributed by atoms with E-state index in [4.69, 9.17) is 11.6 Å². The molecule has 1 heterocycles. The molecule has 0 unspecified atom stereocenters. The molecule has 136 valence electrons. The highest BCUT2D eigenvalue weighted by Gasteiger charge is 2.47. The number of benzene rings is 1. The van der Waals surface area contributed by atoms with E-state index >= 15 is 0 Å². The lowest BCUT2D eigenvalue weighted by Crippen LogP contribution is -2.45. The Balaban J connectivity index is 1.90. The zero-order chi connectivity index (χ0) is 18.6. The molecule has 1 aromatic carbocycles. The molecule has 1 aliphatic rings. The van der Waals surface area contributed by atoms with Gasteiger partial charge in [-0.2, -0.15) is 0 Å². The third-order valence-electron chi connectivity index (χ3n) is 4.27. The Morgan fingerprint density at radius 1 is 1.28 bits per heavy atom. The van der Waals surface area contributed by atoms with Crippen molar-refractivity contribution in [1.29, 1.82) is 0 Å². The average molecular weight is 366 g/mol. The Labute approximate surface area is 152 Å². The molecule has 0 spiro atoms. The van der Waals surface area contributed by atoms with Crippen LogP contribution in [0.3, 0.4) is 0 Å². The first-order valence-electron chi connectivity index (χ1n) is 8.36.